The van der Waals surface area contributed by atoms with Gasteiger partial charge in [-0.15, -0.1) is 0 Å². The number of piperidine rings is 1. The van der Waals surface area contributed by atoms with Gasteiger partial charge in [0, 0.05) is 17.3 Å². The molecule has 0 radical (unpaired) electrons. The molecule has 1 aliphatic heterocycles. The molecule has 4 heteroatoms. The Morgan fingerprint density at radius 2 is 2.37 bits per heavy atom. The van der Waals surface area contributed by atoms with Gasteiger partial charge in [0.05, 0.1) is 7.11 Å². The lowest BCUT2D eigenvalue weighted by molar-refractivity contribution is -0.119. The Balaban J connectivity index is 1.94. The number of Topliss-reactive ketones (excluding diaryl/α,β-unsaturated/α-hetero) is 1. The van der Waals surface area contributed by atoms with Crippen molar-refractivity contribution in [2.75, 3.05) is 20.2 Å². The summed E-state index contributed by atoms with van der Waals surface area (Å²) in [4.78, 5) is 12.1. The van der Waals surface area contributed by atoms with Crippen molar-refractivity contribution in [1.82, 2.24) is 5.32 Å². The minimum Gasteiger partial charge on any atom is -0.497 e. The minimum absolute atomic E-state index is 0.308. The lowest BCUT2D eigenvalue weighted by Gasteiger charge is -2.22. The molecule has 0 saturated carbocycles. The summed E-state index contributed by atoms with van der Waals surface area (Å²) in [6, 6.07) is 5.76. The normalized spacial score (nSPS) is 19.2. The Bertz CT molecular complexity index is 442. The second kappa shape index (κ2) is 7.06. The Labute approximate surface area is 122 Å². The van der Waals surface area contributed by atoms with Gasteiger partial charge in [0.25, 0.3) is 0 Å². The molecule has 1 aromatic rings. The van der Waals surface area contributed by atoms with Crippen molar-refractivity contribution >= 4 is 21.7 Å². The third-order valence-corrected chi connectivity index (χ3v) is 4.33. The predicted octanol–water partition coefficient (Wildman–Crippen LogP) is 2.96. The molecule has 0 spiro atoms. The highest BCUT2D eigenvalue weighted by molar-refractivity contribution is 9.10. The summed E-state index contributed by atoms with van der Waals surface area (Å²) >= 11 is 3.49. The van der Waals surface area contributed by atoms with E-state index in [1.807, 2.05) is 18.2 Å². The fraction of sp³-hybridized carbons (Fsp3) is 0.533. The first-order chi connectivity index (χ1) is 9.19. The highest BCUT2D eigenvalue weighted by atomic mass is 79.9. The van der Waals surface area contributed by atoms with Gasteiger partial charge in [-0.1, -0.05) is 15.9 Å². The summed E-state index contributed by atoms with van der Waals surface area (Å²) in [5, 5.41) is 3.35. The van der Waals surface area contributed by atoms with E-state index in [1.165, 1.54) is 6.42 Å². The summed E-state index contributed by atoms with van der Waals surface area (Å²) < 4.78 is 6.17. The van der Waals surface area contributed by atoms with Crippen LogP contribution in [0.15, 0.2) is 22.7 Å². The van der Waals surface area contributed by atoms with Gasteiger partial charge in [0.2, 0.25) is 0 Å². The van der Waals surface area contributed by atoms with Gasteiger partial charge < -0.3 is 10.1 Å². The molecule has 1 heterocycles. The number of ketones is 1. The lowest BCUT2D eigenvalue weighted by Crippen LogP contribution is -2.31. The number of hydrogen-bond acceptors (Lipinski definition) is 3. The van der Waals surface area contributed by atoms with Crippen molar-refractivity contribution in [2.45, 2.75) is 25.7 Å². The molecule has 1 fully saturated rings. The average molecular weight is 326 g/mol. The number of halogens is 1. The number of rotatable bonds is 5. The first-order valence-corrected chi connectivity index (χ1v) is 7.53. The summed E-state index contributed by atoms with van der Waals surface area (Å²) in [5.74, 6) is 1.61. The third-order valence-electron chi connectivity index (χ3n) is 3.56. The molecule has 0 aromatic heterocycles. The van der Waals surface area contributed by atoms with Crippen molar-refractivity contribution in [2.24, 2.45) is 5.92 Å². The molecular formula is C15H20BrNO2. The second-order valence-corrected chi connectivity index (χ2v) is 5.94. The number of nitrogens with one attached hydrogen (secondary N) is 1. The van der Waals surface area contributed by atoms with E-state index in [2.05, 4.69) is 21.2 Å². The molecule has 0 bridgehead atoms. The summed E-state index contributed by atoms with van der Waals surface area (Å²) in [7, 11) is 1.64. The maximum Gasteiger partial charge on any atom is 0.137 e. The van der Waals surface area contributed by atoms with Gasteiger partial charge in [-0.3, -0.25) is 4.79 Å². The van der Waals surface area contributed by atoms with Crippen LogP contribution in [0.1, 0.15) is 24.8 Å². The number of ether oxygens (including phenoxy) is 1. The molecule has 104 valence electrons. The molecule has 1 N–H and O–H groups in total. The summed E-state index contributed by atoms with van der Waals surface area (Å²) in [6.45, 7) is 2.07. The van der Waals surface area contributed by atoms with E-state index in [4.69, 9.17) is 4.74 Å². The lowest BCUT2D eigenvalue weighted by atomic mass is 9.92. The molecule has 1 unspecified atom stereocenters. The van der Waals surface area contributed by atoms with Crippen LogP contribution < -0.4 is 10.1 Å². The topological polar surface area (TPSA) is 38.3 Å². The first-order valence-electron chi connectivity index (χ1n) is 6.74. The van der Waals surface area contributed by atoms with Crippen LogP contribution >= 0.6 is 15.9 Å². The van der Waals surface area contributed by atoms with E-state index in [0.717, 1.165) is 35.3 Å². The zero-order chi connectivity index (χ0) is 13.7. The maximum atomic E-state index is 12.1. The Morgan fingerprint density at radius 3 is 3.05 bits per heavy atom. The average Bonchev–Trinajstić information content (AvgIpc) is 2.42. The highest BCUT2D eigenvalue weighted by Crippen LogP contribution is 2.24. The van der Waals surface area contributed by atoms with E-state index >= 15 is 0 Å². The van der Waals surface area contributed by atoms with Crippen LogP contribution in [0.25, 0.3) is 0 Å². The molecule has 1 atom stereocenters. The quantitative estimate of drug-likeness (QED) is 0.904. The molecule has 19 heavy (non-hydrogen) atoms. The Kier molecular flexibility index (Phi) is 5.40. The fourth-order valence-electron chi connectivity index (χ4n) is 2.52. The van der Waals surface area contributed by atoms with E-state index in [0.29, 0.717) is 24.5 Å². The van der Waals surface area contributed by atoms with Crippen LogP contribution in [-0.2, 0) is 11.2 Å². The molecular weight excluding hydrogens is 306 g/mol. The van der Waals surface area contributed by atoms with Crippen LogP contribution in [0.2, 0.25) is 0 Å². The number of carbonyl (C=O) groups excluding carboxylic acids is 1. The van der Waals surface area contributed by atoms with Crippen LogP contribution in [0.3, 0.4) is 0 Å². The zero-order valence-electron chi connectivity index (χ0n) is 11.2. The van der Waals surface area contributed by atoms with Crippen LogP contribution in [-0.4, -0.2) is 26.0 Å². The third kappa shape index (κ3) is 4.32. The Hall–Kier alpha value is -0.870. The van der Waals surface area contributed by atoms with Crippen molar-refractivity contribution < 1.29 is 9.53 Å². The molecule has 3 nitrogen and oxygen atoms in total. The summed E-state index contributed by atoms with van der Waals surface area (Å²) in [5.41, 5.74) is 1.01. The number of methoxy groups -OCH3 is 1. The van der Waals surface area contributed by atoms with Gasteiger partial charge in [0.1, 0.15) is 11.5 Å². The van der Waals surface area contributed by atoms with Gasteiger partial charge in [0.15, 0.2) is 0 Å². The molecule has 1 aliphatic rings. The van der Waals surface area contributed by atoms with Crippen molar-refractivity contribution in [3.05, 3.63) is 28.2 Å². The van der Waals surface area contributed by atoms with Crippen LogP contribution in [0.4, 0.5) is 0 Å². The number of hydrogen-bond donors (Lipinski definition) is 1. The maximum absolute atomic E-state index is 12.1. The van der Waals surface area contributed by atoms with Crippen molar-refractivity contribution in [3.63, 3.8) is 0 Å². The first kappa shape index (κ1) is 14.5. The van der Waals surface area contributed by atoms with E-state index in [1.54, 1.807) is 7.11 Å². The minimum atomic E-state index is 0.308. The van der Waals surface area contributed by atoms with E-state index in [9.17, 15) is 4.79 Å². The summed E-state index contributed by atoms with van der Waals surface area (Å²) in [6.07, 6.45) is 3.50. The molecule has 0 aliphatic carbocycles. The van der Waals surface area contributed by atoms with E-state index < -0.39 is 0 Å². The second-order valence-electron chi connectivity index (χ2n) is 5.09. The van der Waals surface area contributed by atoms with Gasteiger partial charge >= 0.3 is 0 Å². The SMILES string of the molecule is COc1ccc(Br)c(CC(=O)CC2CCCNC2)c1. The smallest absolute Gasteiger partial charge is 0.137 e. The zero-order valence-corrected chi connectivity index (χ0v) is 12.8. The number of benzene rings is 1. The molecule has 0 amide bonds. The van der Waals surface area contributed by atoms with Crippen LogP contribution in [0.5, 0.6) is 5.75 Å². The predicted molar refractivity (Wildman–Crippen MR) is 79.6 cm³/mol. The molecule has 2 rings (SSSR count). The van der Waals surface area contributed by atoms with Gasteiger partial charge in [-0.2, -0.15) is 0 Å². The van der Waals surface area contributed by atoms with E-state index in [-0.39, 0.29) is 0 Å². The molecule has 1 aromatic carbocycles. The monoisotopic (exact) mass is 325 g/mol. The van der Waals surface area contributed by atoms with Gasteiger partial charge in [-0.25, -0.2) is 0 Å². The Morgan fingerprint density at radius 1 is 1.53 bits per heavy atom. The van der Waals surface area contributed by atoms with Crippen molar-refractivity contribution in [3.8, 4) is 5.75 Å². The van der Waals surface area contributed by atoms with Crippen LogP contribution in [0, 0.1) is 5.92 Å². The van der Waals surface area contributed by atoms with Gasteiger partial charge in [-0.05, 0) is 55.6 Å². The number of carbonyl (C=O) groups is 1. The highest BCUT2D eigenvalue weighted by Gasteiger charge is 2.17. The fourth-order valence-corrected chi connectivity index (χ4v) is 2.91. The largest absolute Gasteiger partial charge is 0.497 e. The van der Waals surface area contributed by atoms with Crippen molar-refractivity contribution in [1.29, 1.82) is 0 Å². The standard InChI is InChI=1S/C15H20BrNO2/c1-19-14-4-5-15(16)12(9-14)8-13(18)7-11-3-2-6-17-10-11/h4-5,9,11,17H,2-3,6-8,10H2,1H3. The molecule has 1 saturated heterocycles.